The van der Waals surface area contributed by atoms with Gasteiger partial charge in [-0.1, -0.05) is 18.2 Å². The Balaban J connectivity index is 1.56. The Morgan fingerprint density at radius 2 is 1.83 bits per heavy atom. The second-order valence-electron chi connectivity index (χ2n) is 7.62. The molecule has 29 heavy (non-hydrogen) atoms. The molecule has 0 saturated carbocycles. The highest BCUT2D eigenvalue weighted by Gasteiger charge is 2.38. The van der Waals surface area contributed by atoms with E-state index in [0.717, 1.165) is 21.9 Å². The van der Waals surface area contributed by atoms with Crippen molar-refractivity contribution in [2.45, 2.75) is 38.1 Å². The molecule has 0 bridgehead atoms. The van der Waals surface area contributed by atoms with E-state index in [4.69, 9.17) is 14.2 Å². The third-order valence-electron chi connectivity index (χ3n) is 5.59. The molecule has 1 fully saturated rings. The summed E-state index contributed by atoms with van der Waals surface area (Å²) in [6.45, 7) is 2.82. The molecule has 2 atom stereocenters. The van der Waals surface area contributed by atoms with Gasteiger partial charge in [-0.15, -0.1) is 0 Å². The highest BCUT2D eigenvalue weighted by atomic mass is 19.1. The van der Waals surface area contributed by atoms with E-state index in [1.807, 2.05) is 31.2 Å². The molecule has 0 amide bonds. The molecule has 3 aromatic rings. The first-order valence-corrected chi connectivity index (χ1v) is 9.76. The van der Waals surface area contributed by atoms with Gasteiger partial charge in [-0.2, -0.15) is 0 Å². The predicted molar refractivity (Wildman–Crippen MR) is 108 cm³/mol. The van der Waals surface area contributed by atoms with E-state index in [-0.39, 0.29) is 24.3 Å². The second-order valence-corrected chi connectivity index (χ2v) is 7.62. The van der Waals surface area contributed by atoms with Crippen LogP contribution in [0.4, 0.5) is 8.78 Å². The van der Waals surface area contributed by atoms with Gasteiger partial charge in [0.1, 0.15) is 24.0 Å². The van der Waals surface area contributed by atoms with Gasteiger partial charge in [-0.3, -0.25) is 0 Å². The maximum absolute atomic E-state index is 14.4. The Labute approximate surface area is 169 Å². The minimum atomic E-state index is -0.585. The average molecular weight is 398 g/mol. The summed E-state index contributed by atoms with van der Waals surface area (Å²) in [5.41, 5.74) is 1.05. The molecular formula is C24H24F2O3. The Hall–Kier alpha value is -2.50. The fourth-order valence-electron chi connectivity index (χ4n) is 4.05. The highest BCUT2D eigenvalue weighted by Crippen LogP contribution is 2.39. The first-order valence-electron chi connectivity index (χ1n) is 9.76. The van der Waals surface area contributed by atoms with Crippen LogP contribution in [0.5, 0.6) is 5.75 Å². The van der Waals surface area contributed by atoms with Crippen molar-refractivity contribution >= 4 is 10.8 Å². The van der Waals surface area contributed by atoms with Gasteiger partial charge in [0.05, 0.1) is 18.3 Å². The molecular weight excluding hydrogens is 374 g/mol. The van der Waals surface area contributed by atoms with Crippen LogP contribution < -0.4 is 4.74 Å². The van der Waals surface area contributed by atoms with Gasteiger partial charge in [-0.05, 0) is 59.2 Å². The topological polar surface area (TPSA) is 27.7 Å². The number of halogens is 2. The Kier molecular flexibility index (Phi) is 5.52. The molecule has 152 valence electrons. The van der Waals surface area contributed by atoms with Crippen LogP contribution in [0.1, 0.15) is 30.9 Å². The molecule has 4 rings (SSSR count). The summed E-state index contributed by atoms with van der Waals surface area (Å²) in [4.78, 5) is 0. The van der Waals surface area contributed by atoms with Crippen molar-refractivity contribution in [3.05, 3.63) is 77.4 Å². The van der Waals surface area contributed by atoms with Crippen LogP contribution in [0.15, 0.2) is 54.6 Å². The van der Waals surface area contributed by atoms with Crippen molar-refractivity contribution < 1.29 is 23.0 Å². The van der Waals surface area contributed by atoms with E-state index in [0.29, 0.717) is 25.2 Å². The number of hydrogen-bond acceptors (Lipinski definition) is 3. The van der Waals surface area contributed by atoms with Crippen LogP contribution in [0.3, 0.4) is 0 Å². The lowest BCUT2D eigenvalue weighted by atomic mass is 9.83. The monoisotopic (exact) mass is 398 g/mol. The molecule has 1 aliphatic heterocycles. The number of benzene rings is 3. The molecule has 0 radical (unpaired) electrons. The van der Waals surface area contributed by atoms with Crippen LogP contribution in [0.2, 0.25) is 0 Å². The van der Waals surface area contributed by atoms with Gasteiger partial charge in [0.15, 0.2) is 0 Å². The molecule has 1 aliphatic rings. The summed E-state index contributed by atoms with van der Waals surface area (Å²) in [6.07, 6.45) is 1.35. The Morgan fingerprint density at radius 1 is 1.00 bits per heavy atom. The number of ether oxygens (including phenoxy) is 3. The molecule has 3 aromatic carbocycles. The fourth-order valence-corrected chi connectivity index (χ4v) is 4.05. The van der Waals surface area contributed by atoms with E-state index in [9.17, 15) is 8.78 Å². The van der Waals surface area contributed by atoms with E-state index >= 15 is 0 Å². The molecule has 0 N–H and O–H groups in total. The highest BCUT2D eigenvalue weighted by molar-refractivity contribution is 5.83. The van der Waals surface area contributed by atoms with Crippen molar-refractivity contribution in [1.82, 2.24) is 0 Å². The lowest BCUT2D eigenvalue weighted by molar-refractivity contribution is -0.122. The zero-order valence-corrected chi connectivity index (χ0v) is 16.6. The largest absolute Gasteiger partial charge is 0.489 e. The van der Waals surface area contributed by atoms with Crippen molar-refractivity contribution in [2.75, 3.05) is 13.7 Å². The molecule has 0 spiro atoms. The van der Waals surface area contributed by atoms with E-state index < -0.39 is 5.60 Å². The van der Waals surface area contributed by atoms with Crippen LogP contribution in [0, 0.1) is 11.6 Å². The summed E-state index contributed by atoms with van der Waals surface area (Å²) in [6, 6.07) is 15.1. The standard InChI is InChI=1S/C24H24F2O3/c1-16-14-24(27-2,7-8-28-16)20-11-22(26)13-23(12-20)29-15-17-3-4-18-5-6-21(25)10-19(18)9-17/h3-6,9-13,16H,7-8,14-15H2,1-2H3. The van der Waals surface area contributed by atoms with Crippen LogP contribution in [-0.2, 0) is 21.7 Å². The van der Waals surface area contributed by atoms with Gasteiger partial charge < -0.3 is 14.2 Å². The summed E-state index contributed by atoms with van der Waals surface area (Å²) >= 11 is 0. The van der Waals surface area contributed by atoms with E-state index in [2.05, 4.69) is 0 Å². The first kappa shape index (κ1) is 19.8. The first-order chi connectivity index (χ1) is 14.0. The lowest BCUT2D eigenvalue weighted by Crippen LogP contribution is -2.39. The zero-order valence-electron chi connectivity index (χ0n) is 16.6. The van der Waals surface area contributed by atoms with Crippen molar-refractivity contribution in [2.24, 2.45) is 0 Å². The average Bonchev–Trinajstić information content (AvgIpc) is 2.71. The quantitative estimate of drug-likeness (QED) is 0.549. The normalized spacial score (nSPS) is 22.0. The maximum atomic E-state index is 14.4. The maximum Gasteiger partial charge on any atom is 0.127 e. The van der Waals surface area contributed by atoms with Gasteiger partial charge in [0.2, 0.25) is 0 Å². The van der Waals surface area contributed by atoms with Crippen LogP contribution >= 0.6 is 0 Å². The van der Waals surface area contributed by atoms with Crippen molar-refractivity contribution in [1.29, 1.82) is 0 Å². The molecule has 1 saturated heterocycles. The van der Waals surface area contributed by atoms with Gasteiger partial charge in [0.25, 0.3) is 0 Å². The smallest absolute Gasteiger partial charge is 0.127 e. The number of rotatable bonds is 5. The Morgan fingerprint density at radius 3 is 2.62 bits per heavy atom. The number of methoxy groups -OCH3 is 1. The molecule has 5 heteroatoms. The van der Waals surface area contributed by atoms with Crippen LogP contribution in [-0.4, -0.2) is 19.8 Å². The SMILES string of the molecule is COC1(c2cc(F)cc(OCc3ccc4ccc(F)cc4c3)c2)CCOC(C)C1. The summed E-state index contributed by atoms with van der Waals surface area (Å²) < 4.78 is 45.2. The third-order valence-corrected chi connectivity index (χ3v) is 5.59. The summed E-state index contributed by atoms with van der Waals surface area (Å²) in [5, 5.41) is 1.76. The summed E-state index contributed by atoms with van der Waals surface area (Å²) in [5.74, 6) is -0.204. The zero-order chi connectivity index (χ0) is 20.4. The molecule has 0 aromatic heterocycles. The number of fused-ring (bicyclic) bond motifs is 1. The second kappa shape index (κ2) is 8.09. The van der Waals surface area contributed by atoms with Crippen molar-refractivity contribution in [3.63, 3.8) is 0 Å². The summed E-state index contributed by atoms with van der Waals surface area (Å²) in [7, 11) is 1.65. The lowest BCUT2D eigenvalue weighted by Gasteiger charge is -2.39. The van der Waals surface area contributed by atoms with Crippen molar-refractivity contribution in [3.8, 4) is 5.75 Å². The number of hydrogen-bond donors (Lipinski definition) is 0. The predicted octanol–water partition coefficient (Wildman–Crippen LogP) is 5.74. The van der Waals surface area contributed by atoms with Gasteiger partial charge in [-0.25, -0.2) is 8.78 Å². The fraction of sp³-hybridized carbons (Fsp3) is 0.333. The minimum Gasteiger partial charge on any atom is -0.489 e. The molecule has 3 nitrogen and oxygen atoms in total. The third kappa shape index (κ3) is 4.26. The van der Waals surface area contributed by atoms with Gasteiger partial charge >= 0.3 is 0 Å². The molecule has 2 unspecified atom stereocenters. The minimum absolute atomic E-state index is 0.0364. The molecule has 1 heterocycles. The van der Waals surface area contributed by atoms with E-state index in [1.165, 1.54) is 24.3 Å². The van der Waals surface area contributed by atoms with Crippen LogP contribution in [0.25, 0.3) is 10.8 Å². The Bertz CT molecular complexity index is 1020. The molecule has 0 aliphatic carbocycles. The van der Waals surface area contributed by atoms with E-state index in [1.54, 1.807) is 13.2 Å². The van der Waals surface area contributed by atoms with Gasteiger partial charge in [0, 0.05) is 26.0 Å².